The first-order chi connectivity index (χ1) is 22.5. The van der Waals surface area contributed by atoms with Gasteiger partial charge in [-0.25, -0.2) is 17.2 Å². The molecule has 1 aliphatic carbocycles. The van der Waals surface area contributed by atoms with E-state index in [1.165, 1.54) is 12.1 Å². The molecule has 2 aromatic rings. The van der Waals surface area contributed by atoms with Crippen LogP contribution in [0.15, 0.2) is 29.2 Å². The lowest BCUT2D eigenvalue weighted by molar-refractivity contribution is -0.270. The number of nitrogens with zero attached hydrogens (tertiary/aromatic N) is 3. The number of nitrogens with one attached hydrogen (secondary N) is 2. The molecule has 3 N–H and O–H groups in total. The lowest BCUT2D eigenvalue weighted by atomic mass is 9.95. The maximum absolute atomic E-state index is 15.1. The molecule has 14 nitrogen and oxygen atoms in total. The number of rotatable bonds is 7. The lowest BCUT2D eigenvalue weighted by Crippen LogP contribution is -2.56. The minimum absolute atomic E-state index is 0.0874. The molecule has 3 fully saturated rings. The quantitative estimate of drug-likeness (QED) is 0.370. The van der Waals surface area contributed by atoms with Crippen LogP contribution in [0.5, 0.6) is 11.5 Å². The highest BCUT2D eigenvalue weighted by Crippen LogP contribution is 2.44. The highest BCUT2D eigenvalue weighted by molar-refractivity contribution is 7.90. The van der Waals surface area contributed by atoms with Gasteiger partial charge in [-0.15, -0.1) is 0 Å². The summed E-state index contributed by atoms with van der Waals surface area (Å²) in [6.07, 6.45) is -2.87. The monoisotopic (exact) mass is 679 g/mol. The number of piperazine rings is 1. The van der Waals surface area contributed by atoms with Crippen LogP contribution in [0.3, 0.4) is 0 Å². The number of anilines is 2. The molecule has 2 aromatic carbocycles. The predicted molar refractivity (Wildman–Crippen MR) is 161 cm³/mol. The van der Waals surface area contributed by atoms with Crippen molar-refractivity contribution in [3.63, 3.8) is 0 Å². The topological polar surface area (TPSA) is 159 Å². The van der Waals surface area contributed by atoms with E-state index >= 15 is 4.39 Å². The number of ether oxygens (including phenoxy) is 2. The van der Waals surface area contributed by atoms with Gasteiger partial charge in [-0.1, -0.05) is 5.64 Å². The van der Waals surface area contributed by atoms with E-state index in [-0.39, 0.29) is 41.0 Å². The van der Waals surface area contributed by atoms with Gasteiger partial charge >= 0.3 is 0 Å². The second-order valence-electron chi connectivity index (χ2n) is 12.3. The molecule has 7 rings (SSSR count). The highest BCUT2D eigenvalue weighted by atomic mass is 32.2. The van der Waals surface area contributed by atoms with Crippen molar-refractivity contribution >= 4 is 33.0 Å². The molecule has 0 aromatic heterocycles. The molecule has 5 aliphatic rings. The summed E-state index contributed by atoms with van der Waals surface area (Å²) in [4.78, 5) is 41.2. The smallest absolute Gasteiger partial charge is 0.269 e. The third kappa shape index (κ3) is 6.06. The molecule has 17 heteroatoms. The molecule has 0 saturated carbocycles. The van der Waals surface area contributed by atoms with E-state index in [0.717, 1.165) is 6.26 Å². The number of aliphatic hydroxyl groups is 1. The summed E-state index contributed by atoms with van der Waals surface area (Å²) in [6, 6.07) is 5.83. The van der Waals surface area contributed by atoms with Crippen molar-refractivity contribution in [2.75, 3.05) is 68.5 Å². The van der Waals surface area contributed by atoms with Crippen LogP contribution in [0.25, 0.3) is 0 Å². The molecular weight excluding hydrogens is 644 g/mol. The van der Waals surface area contributed by atoms with Gasteiger partial charge < -0.3 is 34.6 Å². The van der Waals surface area contributed by atoms with Gasteiger partial charge in [0.2, 0.25) is 11.8 Å². The van der Waals surface area contributed by atoms with E-state index in [1.807, 2.05) is 9.80 Å². The minimum Gasteiger partial charge on any atom is -0.448 e. The van der Waals surface area contributed by atoms with Gasteiger partial charge in [0.25, 0.3) is 6.29 Å². The first kappa shape index (κ1) is 31.8. The lowest BCUT2D eigenvalue weighted by Gasteiger charge is -2.41. The van der Waals surface area contributed by atoms with E-state index in [1.54, 1.807) is 17.0 Å². The molecule has 4 heterocycles. The summed E-state index contributed by atoms with van der Waals surface area (Å²) in [6.45, 7) is 2.25. The molecule has 3 unspecified atom stereocenters. The second-order valence-corrected chi connectivity index (χ2v) is 14.3. The molecule has 254 valence electrons. The summed E-state index contributed by atoms with van der Waals surface area (Å²) >= 11 is 0. The normalized spacial score (nSPS) is 25.8. The number of carbonyl (C=O) groups is 2. The highest BCUT2D eigenvalue weighted by Gasteiger charge is 2.41. The number of amides is 2. The van der Waals surface area contributed by atoms with Crippen LogP contribution < -0.4 is 30.2 Å². The number of alkyl halides is 1. The summed E-state index contributed by atoms with van der Waals surface area (Å²) in [5.74, 6) is -0.768. The number of sulfone groups is 1. The third-order valence-electron chi connectivity index (χ3n) is 9.28. The fourth-order valence-corrected chi connectivity index (χ4v) is 7.63. The van der Waals surface area contributed by atoms with Crippen molar-refractivity contribution in [1.29, 1.82) is 0 Å². The van der Waals surface area contributed by atoms with E-state index in [0.29, 0.717) is 75.0 Å². The zero-order valence-corrected chi connectivity index (χ0v) is 26.3. The van der Waals surface area contributed by atoms with Crippen molar-refractivity contribution in [2.45, 2.75) is 42.4 Å². The van der Waals surface area contributed by atoms with Crippen LogP contribution in [-0.2, 0) is 35.5 Å². The van der Waals surface area contributed by atoms with Crippen LogP contribution >= 0.6 is 0 Å². The van der Waals surface area contributed by atoms with Crippen molar-refractivity contribution in [1.82, 2.24) is 15.9 Å². The van der Waals surface area contributed by atoms with E-state index in [2.05, 4.69) is 11.0 Å². The molecular formula is C30H35F2N5O9S. The third-order valence-corrected chi connectivity index (χ3v) is 10.4. The number of hydrogen-bond acceptors (Lipinski definition) is 12. The standard InChI is InChI=1S/C30H35F2N5O9S/c1-47(41,42)25-3-2-20(17-10-19(32)28(39)27(17)25)37-14-16(15-37)29(40)33-13-26(38)36-7-5-35(6-8-36)21-12-24-23(11-18(21)31)44-30(45-24)22-4-9-43-34-46-22/h2-3,11-12,16,19,22,28,30,34,39H,4-10,13-15H2,1H3,(H,33,40)/t19?,22?,28-,30?/m1/s1. The van der Waals surface area contributed by atoms with Gasteiger partial charge in [-0.2, -0.15) is 0 Å². The first-order valence-corrected chi connectivity index (χ1v) is 17.3. The molecule has 47 heavy (non-hydrogen) atoms. The molecule has 3 saturated heterocycles. The average Bonchev–Trinajstić information content (AvgIpc) is 3.58. The molecule has 4 aliphatic heterocycles. The zero-order valence-electron chi connectivity index (χ0n) is 25.5. The maximum Gasteiger partial charge on any atom is 0.269 e. The van der Waals surface area contributed by atoms with Crippen LogP contribution in [-0.4, -0.2) is 107 Å². The Hall–Kier alpha value is -3.77. The number of aliphatic hydroxyl groups excluding tert-OH is 1. The summed E-state index contributed by atoms with van der Waals surface area (Å²) in [7, 11) is -3.67. The first-order valence-electron chi connectivity index (χ1n) is 15.4. The van der Waals surface area contributed by atoms with Gasteiger partial charge in [0.1, 0.15) is 18.1 Å². The van der Waals surface area contributed by atoms with E-state index in [9.17, 15) is 27.5 Å². The molecule has 0 bridgehead atoms. The van der Waals surface area contributed by atoms with Gasteiger partial charge in [-0.3, -0.25) is 19.3 Å². The SMILES string of the molecule is CS(=O)(=O)c1ccc(N2CC(C(=O)NCC(=O)N3CCN(c4cc5c(cc4F)OC(C4CCONO4)O5)CC3)C2)c2c1[C@H](O)C(F)C2. The van der Waals surface area contributed by atoms with Crippen LogP contribution in [0, 0.1) is 11.7 Å². The fourth-order valence-electron chi connectivity index (χ4n) is 6.67. The van der Waals surface area contributed by atoms with E-state index in [4.69, 9.17) is 19.1 Å². The molecule has 0 spiro atoms. The largest absolute Gasteiger partial charge is 0.448 e. The average molecular weight is 680 g/mol. The number of halogens is 2. The van der Waals surface area contributed by atoms with Crippen LogP contribution in [0.4, 0.5) is 20.2 Å². The van der Waals surface area contributed by atoms with Gasteiger partial charge in [-0.05, 0) is 17.7 Å². The summed E-state index contributed by atoms with van der Waals surface area (Å²) in [5.41, 5.74) is 3.80. The zero-order chi connectivity index (χ0) is 33.0. The minimum atomic E-state index is -3.67. The Bertz CT molecular complexity index is 1680. The summed E-state index contributed by atoms with van der Waals surface area (Å²) in [5, 5.41) is 13.0. The Morgan fingerprint density at radius 3 is 2.47 bits per heavy atom. The molecule has 0 radical (unpaired) electrons. The van der Waals surface area contributed by atoms with Crippen molar-refractivity contribution in [2.24, 2.45) is 5.92 Å². The van der Waals surface area contributed by atoms with Crippen molar-refractivity contribution < 1.29 is 51.0 Å². The van der Waals surface area contributed by atoms with Crippen LogP contribution in [0.1, 0.15) is 23.7 Å². The maximum atomic E-state index is 15.1. The Morgan fingerprint density at radius 1 is 1.06 bits per heavy atom. The number of fused-ring (bicyclic) bond motifs is 2. The van der Waals surface area contributed by atoms with Crippen LogP contribution in [0.2, 0.25) is 0 Å². The van der Waals surface area contributed by atoms with Gasteiger partial charge in [0, 0.05) is 81.7 Å². The van der Waals surface area contributed by atoms with Gasteiger partial charge in [0.15, 0.2) is 27.4 Å². The van der Waals surface area contributed by atoms with Gasteiger partial charge in [0.05, 0.1) is 29.7 Å². The van der Waals surface area contributed by atoms with Crippen molar-refractivity contribution in [3.05, 3.63) is 41.2 Å². The Balaban J connectivity index is 0.889. The Kier molecular flexibility index (Phi) is 8.36. The molecule has 4 atom stereocenters. The Labute approximate surface area is 269 Å². The number of hydrogen-bond donors (Lipinski definition) is 3. The Morgan fingerprint density at radius 2 is 1.79 bits per heavy atom. The predicted octanol–water partition coefficient (Wildman–Crippen LogP) is 0.380. The fraction of sp³-hybridized carbons (Fsp3) is 0.533. The number of carbonyl (C=O) groups excluding carboxylic acids is 2. The second kappa shape index (κ2) is 12.4. The summed E-state index contributed by atoms with van der Waals surface area (Å²) < 4.78 is 65.5. The molecule has 2 amide bonds. The van der Waals surface area contributed by atoms with Crippen molar-refractivity contribution in [3.8, 4) is 11.5 Å². The van der Waals surface area contributed by atoms with E-state index < -0.39 is 46.2 Å². The number of benzene rings is 2.